The van der Waals surface area contributed by atoms with E-state index in [9.17, 15) is 4.79 Å². The summed E-state index contributed by atoms with van der Waals surface area (Å²) < 4.78 is 18.5. The van der Waals surface area contributed by atoms with Crippen LogP contribution in [0.4, 0.5) is 0 Å². The van der Waals surface area contributed by atoms with Crippen LogP contribution in [0, 0.1) is 0 Å². The summed E-state index contributed by atoms with van der Waals surface area (Å²) in [5.74, 6) is 0.793. The second kappa shape index (κ2) is 10.4. The summed E-state index contributed by atoms with van der Waals surface area (Å²) in [6, 6.07) is 18.2. The molecule has 4 rings (SSSR count). The van der Waals surface area contributed by atoms with E-state index in [2.05, 4.69) is 42.4 Å². The van der Waals surface area contributed by atoms with E-state index in [-0.39, 0.29) is 5.76 Å². The van der Waals surface area contributed by atoms with Gasteiger partial charge in [0.2, 0.25) is 0 Å². The average molecular weight is 593 g/mol. The smallest absolute Gasteiger partial charge is 0.307 e. The lowest BCUT2D eigenvalue weighted by atomic mass is 10.2. The van der Waals surface area contributed by atoms with Gasteiger partial charge in [0, 0.05) is 20.4 Å². The first-order chi connectivity index (χ1) is 15.9. The number of benzene rings is 3. The van der Waals surface area contributed by atoms with Crippen molar-refractivity contribution >= 4 is 66.6 Å². The Morgan fingerprint density at radius 1 is 1.12 bits per heavy atom. The van der Waals surface area contributed by atoms with Crippen molar-refractivity contribution in [2.45, 2.75) is 6.61 Å². The molecule has 3 aromatic carbocycles. The number of carbonyl (C=O) groups excluding carboxylic acids is 1. The molecule has 0 aliphatic heterocycles. The van der Waals surface area contributed by atoms with Crippen LogP contribution in [0.15, 0.2) is 79.1 Å². The van der Waals surface area contributed by atoms with Gasteiger partial charge in [0.25, 0.3) is 0 Å². The number of nitrogens with zero attached hydrogens (tertiary/aromatic N) is 1. The van der Waals surface area contributed by atoms with Gasteiger partial charge in [-0.2, -0.15) is 5.10 Å². The molecule has 0 fully saturated rings. The second-order valence-corrected chi connectivity index (χ2v) is 9.08. The number of rotatable bonds is 7. The Hall–Kier alpha value is -2.81. The van der Waals surface area contributed by atoms with Crippen LogP contribution in [0.25, 0.3) is 11.0 Å². The number of carbonyl (C=O) groups is 1. The van der Waals surface area contributed by atoms with E-state index in [1.165, 1.54) is 6.21 Å². The Bertz CT molecular complexity index is 1350. The number of nitrogens with one attached hydrogen (secondary N) is 1. The van der Waals surface area contributed by atoms with Gasteiger partial charge in [-0.25, -0.2) is 5.43 Å². The van der Waals surface area contributed by atoms with Crippen LogP contribution in [0.2, 0.25) is 5.02 Å². The number of halogens is 3. The highest BCUT2D eigenvalue weighted by atomic mass is 79.9. The third-order valence-electron chi connectivity index (χ3n) is 4.67. The maximum atomic E-state index is 12.4. The first-order valence-corrected chi connectivity index (χ1v) is 11.7. The molecule has 9 heteroatoms. The van der Waals surface area contributed by atoms with Crippen LogP contribution in [0.3, 0.4) is 0 Å². The zero-order chi connectivity index (χ0) is 23.4. The maximum absolute atomic E-state index is 12.4. The number of hydrogen-bond acceptors (Lipinski definition) is 5. The van der Waals surface area contributed by atoms with E-state index < -0.39 is 5.91 Å². The molecule has 0 spiro atoms. The fourth-order valence-corrected chi connectivity index (χ4v) is 4.59. The molecule has 1 N–H and O–H groups in total. The monoisotopic (exact) mass is 590 g/mol. The van der Waals surface area contributed by atoms with E-state index in [1.807, 2.05) is 36.4 Å². The third kappa shape index (κ3) is 5.58. The molecule has 0 bridgehead atoms. The van der Waals surface area contributed by atoms with Crippen LogP contribution in [-0.2, 0) is 6.61 Å². The number of furan rings is 1. The zero-order valence-electron chi connectivity index (χ0n) is 17.3. The molecule has 168 valence electrons. The summed E-state index contributed by atoms with van der Waals surface area (Å²) in [5.41, 5.74) is 4.65. The fourth-order valence-electron chi connectivity index (χ4n) is 3.06. The molecular weight excluding hydrogens is 576 g/mol. The highest BCUT2D eigenvalue weighted by Crippen LogP contribution is 2.31. The molecule has 6 nitrogen and oxygen atoms in total. The normalized spacial score (nSPS) is 11.2. The molecular formula is C24H17Br2ClN2O4. The SMILES string of the molecule is COc1cc(/C=N\NC(=O)c2cc3cc(Br)cc(Br)c3o2)ccc1OCc1ccccc1Cl. The van der Waals surface area contributed by atoms with Gasteiger partial charge < -0.3 is 13.9 Å². The predicted octanol–water partition coefficient (Wildman–Crippen LogP) is 6.96. The molecule has 0 saturated carbocycles. The van der Waals surface area contributed by atoms with Gasteiger partial charge in [0.1, 0.15) is 12.2 Å². The minimum atomic E-state index is -0.461. The van der Waals surface area contributed by atoms with Crippen molar-refractivity contribution in [2.75, 3.05) is 7.11 Å². The van der Waals surface area contributed by atoms with Crippen LogP contribution >= 0.6 is 43.5 Å². The Morgan fingerprint density at radius 2 is 1.94 bits per heavy atom. The highest BCUT2D eigenvalue weighted by Gasteiger charge is 2.14. The van der Waals surface area contributed by atoms with Gasteiger partial charge in [-0.05, 0) is 64.0 Å². The van der Waals surface area contributed by atoms with E-state index in [4.69, 9.17) is 25.5 Å². The van der Waals surface area contributed by atoms with Crippen molar-refractivity contribution in [3.8, 4) is 11.5 Å². The molecule has 0 atom stereocenters. The van der Waals surface area contributed by atoms with Crippen LogP contribution < -0.4 is 14.9 Å². The molecule has 1 heterocycles. The lowest BCUT2D eigenvalue weighted by molar-refractivity contribution is 0.0929. The number of fused-ring (bicyclic) bond motifs is 1. The van der Waals surface area contributed by atoms with Gasteiger partial charge in [-0.1, -0.05) is 45.7 Å². The predicted molar refractivity (Wildman–Crippen MR) is 135 cm³/mol. The number of methoxy groups -OCH3 is 1. The molecule has 4 aromatic rings. The third-order valence-corrected chi connectivity index (χ3v) is 6.08. The van der Waals surface area contributed by atoms with E-state index in [0.717, 1.165) is 19.9 Å². The molecule has 0 unspecified atom stereocenters. The van der Waals surface area contributed by atoms with Crippen molar-refractivity contribution in [1.29, 1.82) is 0 Å². The summed E-state index contributed by atoms with van der Waals surface area (Å²) in [6.07, 6.45) is 1.51. The van der Waals surface area contributed by atoms with Crippen molar-refractivity contribution < 1.29 is 18.7 Å². The van der Waals surface area contributed by atoms with Crippen molar-refractivity contribution in [3.63, 3.8) is 0 Å². The first kappa shape index (κ1) is 23.4. The molecule has 0 aliphatic carbocycles. The Labute approximate surface area is 211 Å². The largest absolute Gasteiger partial charge is 0.493 e. The van der Waals surface area contributed by atoms with Gasteiger partial charge in [-0.3, -0.25) is 4.79 Å². The van der Waals surface area contributed by atoms with E-state index in [0.29, 0.717) is 34.3 Å². The van der Waals surface area contributed by atoms with Crippen LogP contribution in [0.1, 0.15) is 21.7 Å². The fraction of sp³-hybridized carbons (Fsp3) is 0.0833. The van der Waals surface area contributed by atoms with E-state index in [1.54, 1.807) is 31.4 Å². The zero-order valence-corrected chi connectivity index (χ0v) is 21.2. The Morgan fingerprint density at radius 3 is 2.73 bits per heavy atom. The van der Waals surface area contributed by atoms with Gasteiger partial charge >= 0.3 is 5.91 Å². The topological polar surface area (TPSA) is 73.1 Å². The molecule has 33 heavy (non-hydrogen) atoms. The van der Waals surface area contributed by atoms with Crippen LogP contribution in [0.5, 0.6) is 11.5 Å². The summed E-state index contributed by atoms with van der Waals surface area (Å²) in [5, 5.41) is 5.45. The lowest BCUT2D eigenvalue weighted by Gasteiger charge is -2.12. The molecule has 0 saturated heterocycles. The molecule has 1 amide bonds. The summed E-state index contributed by atoms with van der Waals surface area (Å²) >= 11 is 13.0. The Balaban J connectivity index is 1.42. The quantitative estimate of drug-likeness (QED) is 0.186. The second-order valence-electron chi connectivity index (χ2n) is 6.91. The number of hydrazone groups is 1. The minimum Gasteiger partial charge on any atom is -0.493 e. The van der Waals surface area contributed by atoms with Gasteiger partial charge in [-0.15, -0.1) is 0 Å². The summed E-state index contributed by atoms with van der Waals surface area (Å²) in [4.78, 5) is 12.4. The first-order valence-electron chi connectivity index (χ1n) is 9.71. The number of hydrogen-bond donors (Lipinski definition) is 1. The van der Waals surface area contributed by atoms with Crippen molar-refractivity contribution in [2.24, 2.45) is 5.10 Å². The average Bonchev–Trinajstić information content (AvgIpc) is 3.23. The summed E-state index contributed by atoms with van der Waals surface area (Å²) in [7, 11) is 1.55. The number of ether oxygens (including phenoxy) is 2. The maximum Gasteiger partial charge on any atom is 0.307 e. The van der Waals surface area contributed by atoms with Crippen LogP contribution in [-0.4, -0.2) is 19.2 Å². The van der Waals surface area contributed by atoms with Gasteiger partial charge in [0.15, 0.2) is 17.3 Å². The molecule has 1 aromatic heterocycles. The van der Waals surface area contributed by atoms with Crippen molar-refractivity contribution in [1.82, 2.24) is 5.43 Å². The highest BCUT2D eigenvalue weighted by molar-refractivity contribution is 9.11. The Kier molecular flexibility index (Phi) is 7.37. The lowest BCUT2D eigenvalue weighted by Crippen LogP contribution is -2.16. The molecule has 0 radical (unpaired) electrons. The van der Waals surface area contributed by atoms with Crippen molar-refractivity contribution in [3.05, 3.63) is 91.5 Å². The van der Waals surface area contributed by atoms with Gasteiger partial charge in [0.05, 0.1) is 17.8 Å². The standard InChI is InChI=1S/C24H17Br2ClN2O4/c1-31-21-8-14(6-7-20(21)32-13-15-4-2-3-5-19(15)27)12-28-29-24(30)22-10-16-9-17(25)11-18(26)23(16)33-22/h2-12H,13H2,1H3,(H,29,30)/b28-12-. The number of amides is 1. The summed E-state index contributed by atoms with van der Waals surface area (Å²) in [6.45, 7) is 0.309. The molecule has 0 aliphatic rings. The van der Waals surface area contributed by atoms with E-state index >= 15 is 0 Å². The minimum absolute atomic E-state index is 0.154.